The molecule has 138 valence electrons. The Kier molecular flexibility index (Phi) is 5.45. The summed E-state index contributed by atoms with van der Waals surface area (Å²) in [6.07, 6.45) is 5.15. The van der Waals surface area contributed by atoms with Gasteiger partial charge in [0.15, 0.2) is 5.82 Å². The van der Waals surface area contributed by atoms with E-state index < -0.39 is 0 Å². The van der Waals surface area contributed by atoms with Crippen molar-refractivity contribution in [3.63, 3.8) is 0 Å². The number of imidazole rings is 1. The van der Waals surface area contributed by atoms with Crippen LogP contribution in [0.5, 0.6) is 0 Å². The molecule has 3 heterocycles. The van der Waals surface area contributed by atoms with Gasteiger partial charge in [-0.2, -0.15) is 0 Å². The van der Waals surface area contributed by atoms with Crippen LogP contribution in [0.4, 0.5) is 0 Å². The van der Waals surface area contributed by atoms with Gasteiger partial charge in [-0.3, -0.25) is 9.59 Å². The standard InChI is InChI=1S/C19H30N4O2/c1-4-21(5-2)18(24)16-15-10-6-7-12-23(15)17(20-16)19(25)22-11-8-9-14(3)13-22/h14H,4-13H2,1-3H3. The minimum absolute atomic E-state index is 0.00621. The Morgan fingerprint density at radius 2 is 1.92 bits per heavy atom. The second kappa shape index (κ2) is 7.58. The Morgan fingerprint density at radius 3 is 2.60 bits per heavy atom. The van der Waals surface area contributed by atoms with Crippen LogP contribution in [0.25, 0.3) is 0 Å². The highest BCUT2D eigenvalue weighted by atomic mass is 16.2. The Hall–Kier alpha value is -1.85. The Balaban J connectivity index is 1.94. The maximum absolute atomic E-state index is 13.1. The average Bonchev–Trinajstić information content (AvgIpc) is 3.01. The number of carbonyl (C=O) groups excluding carboxylic acids is 2. The molecular formula is C19H30N4O2. The summed E-state index contributed by atoms with van der Waals surface area (Å²) < 4.78 is 2.02. The zero-order valence-electron chi connectivity index (χ0n) is 15.8. The van der Waals surface area contributed by atoms with Gasteiger partial charge in [-0.05, 0) is 51.9 Å². The Morgan fingerprint density at radius 1 is 1.16 bits per heavy atom. The summed E-state index contributed by atoms with van der Waals surface area (Å²) >= 11 is 0. The molecule has 0 aromatic carbocycles. The SMILES string of the molecule is CCN(CC)C(=O)c1nc(C(=O)N2CCCC(C)C2)n2c1CCCC2. The second-order valence-electron chi connectivity index (χ2n) is 7.32. The molecule has 1 saturated heterocycles. The van der Waals surface area contributed by atoms with E-state index in [1.807, 2.05) is 23.3 Å². The van der Waals surface area contributed by atoms with Crippen molar-refractivity contribution >= 4 is 11.8 Å². The molecule has 1 unspecified atom stereocenters. The van der Waals surface area contributed by atoms with Gasteiger partial charge in [0, 0.05) is 32.7 Å². The summed E-state index contributed by atoms with van der Waals surface area (Å²) in [6, 6.07) is 0. The van der Waals surface area contributed by atoms with Gasteiger partial charge in [0.1, 0.15) is 5.69 Å². The number of carbonyl (C=O) groups is 2. The number of nitrogens with zero attached hydrogens (tertiary/aromatic N) is 4. The molecule has 2 aliphatic rings. The van der Waals surface area contributed by atoms with Crippen molar-refractivity contribution in [3.05, 3.63) is 17.2 Å². The first-order chi connectivity index (χ1) is 12.1. The number of rotatable bonds is 4. The van der Waals surface area contributed by atoms with E-state index >= 15 is 0 Å². The molecule has 25 heavy (non-hydrogen) atoms. The van der Waals surface area contributed by atoms with E-state index in [1.54, 1.807) is 4.90 Å². The fraction of sp³-hybridized carbons (Fsp3) is 0.737. The van der Waals surface area contributed by atoms with E-state index in [0.29, 0.717) is 30.5 Å². The zero-order chi connectivity index (χ0) is 18.0. The molecule has 2 amide bonds. The van der Waals surface area contributed by atoms with E-state index in [2.05, 4.69) is 11.9 Å². The van der Waals surface area contributed by atoms with E-state index in [-0.39, 0.29) is 11.8 Å². The zero-order valence-corrected chi connectivity index (χ0v) is 15.8. The molecule has 0 radical (unpaired) electrons. The van der Waals surface area contributed by atoms with Gasteiger partial charge >= 0.3 is 0 Å². The third-order valence-corrected chi connectivity index (χ3v) is 5.51. The lowest BCUT2D eigenvalue weighted by Crippen LogP contribution is -2.40. The Bertz CT molecular complexity index is 648. The summed E-state index contributed by atoms with van der Waals surface area (Å²) in [4.78, 5) is 34.2. The van der Waals surface area contributed by atoms with Crippen LogP contribution in [-0.2, 0) is 13.0 Å². The molecule has 1 fully saturated rings. The van der Waals surface area contributed by atoms with E-state index in [4.69, 9.17) is 0 Å². The number of hydrogen-bond donors (Lipinski definition) is 0. The third kappa shape index (κ3) is 3.44. The van der Waals surface area contributed by atoms with Crippen molar-refractivity contribution in [3.8, 4) is 0 Å². The number of hydrogen-bond acceptors (Lipinski definition) is 3. The summed E-state index contributed by atoms with van der Waals surface area (Å²) in [5.74, 6) is 0.958. The van der Waals surface area contributed by atoms with Gasteiger partial charge < -0.3 is 14.4 Å². The molecule has 0 saturated carbocycles. The van der Waals surface area contributed by atoms with Crippen LogP contribution in [0.3, 0.4) is 0 Å². The van der Waals surface area contributed by atoms with Crippen molar-refractivity contribution in [2.45, 2.75) is 59.4 Å². The maximum Gasteiger partial charge on any atom is 0.289 e. The molecule has 0 bridgehead atoms. The Labute approximate surface area is 150 Å². The predicted molar refractivity (Wildman–Crippen MR) is 96.7 cm³/mol. The normalized spacial score (nSPS) is 20.3. The first-order valence-corrected chi connectivity index (χ1v) is 9.74. The van der Waals surface area contributed by atoms with Gasteiger partial charge in [0.05, 0.1) is 5.69 Å². The maximum atomic E-state index is 13.1. The lowest BCUT2D eigenvalue weighted by Gasteiger charge is -2.31. The fourth-order valence-electron chi connectivity index (χ4n) is 4.05. The van der Waals surface area contributed by atoms with Crippen LogP contribution in [-0.4, -0.2) is 57.3 Å². The molecular weight excluding hydrogens is 316 g/mol. The van der Waals surface area contributed by atoms with Crippen molar-refractivity contribution in [2.24, 2.45) is 5.92 Å². The highest BCUT2D eigenvalue weighted by Gasteiger charge is 2.32. The van der Waals surface area contributed by atoms with Crippen LogP contribution in [0.15, 0.2) is 0 Å². The lowest BCUT2D eigenvalue weighted by atomic mass is 10.0. The number of aromatic nitrogens is 2. The van der Waals surface area contributed by atoms with E-state index in [0.717, 1.165) is 51.0 Å². The van der Waals surface area contributed by atoms with Gasteiger partial charge in [-0.1, -0.05) is 6.92 Å². The van der Waals surface area contributed by atoms with Crippen molar-refractivity contribution < 1.29 is 9.59 Å². The van der Waals surface area contributed by atoms with E-state index in [9.17, 15) is 9.59 Å². The molecule has 6 nitrogen and oxygen atoms in total. The minimum atomic E-state index is -0.0401. The second-order valence-corrected chi connectivity index (χ2v) is 7.32. The van der Waals surface area contributed by atoms with Gasteiger partial charge in [0.25, 0.3) is 11.8 Å². The monoisotopic (exact) mass is 346 g/mol. The summed E-state index contributed by atoms with van der Waals surface area (Å²) in [6.45, 7) is 9.85. The molecule has 1 atom stereocenters. The molecule has 0 spiro atoms. The fourth-order valence-corrected chi connectivity index (χ4v) is 4.05. The molecule has 6 heteroatoms. The highest BCUT2D eigenvalue weighted by molar-refractivity contribution is 5.97. The predicted octanol–water partition coefficient (Wildman–Crippen LogP) is 2.57. The van der Waals surface area contributed by atoms with Crippen molar-refractivity contribution in [1.29, 1.82) is 0 Å². The molecule has 2 aliphatic heterocycles. The summed E-state index contributed by atoms with van der Waals surface area (Å²) in [7, 11) is 0. The number of amides is 2. The van der Waals surface area contributed by atoms with E-state index in [1.165, 1.54) is 6.42 Å². The molecule has 0 N–H and O–H groups in total. The van der Waals surface area contributed by atoms with Crippen LogP contribution in [0.1, 0.15) is 73.3 Å². The van der Waals surface area contributed by atoms with Gasteiger partial charge in [-0.15, -0.1) is 0 Å². The molecule has 1 aromatic rings. The first kappa shape index (κ1) is 18.0. The number of piperidine rings is 1. The molecule has 1 aromatic heterocycles. The largest absolute Gasteiger partial charge is 0.338 e. The van der Waals surface area contributed by atoms with Crippen LogP contribution in [0, 0.1) is 5.92 Å². The van der Waals surface area contributed by atoms with Gasteiger partial charge in [0.2, 0.25) is 0 Å². The highest BCUT2D eigenvalue weighted by Crippen LogP contribution is 2.25. The quantitative estimate of drug-likeness (QED) is 0.842. The summed E-state index contributed by atoms with van der Waals surface area (Å²) in [5.41, 5.74) is 1.45. The average molecular weight is 346 g/mol. The summed E-state index contributed by atoms with van der Waals surface area (Å²) in [5, 5.41) is 0. The smallest absolute Gasteiger partial charge is 0.289 e. The third-order valence-electron chi connectivity index (χ3n) is 5.51. The van der Waals surface area contributed by atoms with Crippen LogP contribution in [0.2, 0.25) is 0 Å². The van der Waals surface area contributed by atoms with Crippen LogP contribution >= 0.6 is 0 Å². The first-order valence-electron chi connectivity index (χ1n) is 9.74. The molecule has 0 aliphatic carbocycles. The minimum Gasteiger partial charge on any atom is -0.338 e. The topological polar surface area (TPSA) is 58.4 Å². The van der Waals surface area contributed by atoms with Crippen molar-refractivity contribution in [1.82, 2.24) is 19.4 Å². The number of likely N-dealkylation sites (tertiary alicyclic amines) is 1. The lowest BCUT2D eigenvalue weighted by molar-refractivity contribution is 0.0664. The number of fused-ring (bicyclic) bond motifs is 1. The van der Waals surface area contributed by atoms with Crippen molar-refractivity contribution in [2.75, 3.05) is 26.2 Å². The van der Waals surface area contributed by atoms with Gasteiger partial charge in [-0.25, -0.2) is 4.98 Å². The van der Waals surface area contributed by atoms with Crippen LogP contribution < -0.4 is 0 Å². The molecule has 3 rings (SSSR count).